The first kappa shape index (κ1) is 13.5. The molecule has 2 aliphatic rings. The van der Waals surface area contributed by atoms with Gasteiger partial charge in [-0.1, -0.05) is 25.8 Å². The summed E-state index contributed by atoms with van der Waals surface area (Å²) in [6.45, 7) is 3.00. The van der Waals surface area contributed by atoms with E-state index in [4.69, 9.17) is 5.73 Å². The van der Waals surface area contributed by atoms with E-state index in [1.807, 2.05) is 17.0 Å². The summed E-state index contributed by atoms with van der Waals surface area (Å²) in [4.78, 5) is 15.1. The summed E-state index contributed by atoms with van der Waals surface area (Å²) in [5.41, 5.74) is 8.89. The van der Waals surface area contributed by atoms with Gasteiger partial charge in [0.25, 0.3) is 0 Å². The summed E-state index contributed by atoms with van der Waals surface area (Å²) in [5, 5.41) is 0. The van der Waals surface area contributed by atoms with E-state index in [1.165, 1.54) is 18.4 Å². The molecule has 3 heteroatoms. The lowest BCUT2D eigenvalue weighted by molar-refractivity contribution is -0.128. The minimum Gasteiger partial charge on any atom is -0.399 e. The van der Waals surface area contributed by atoms with E-state index >= 15 is 0 Å². The van der Waals surface area contributed by atoms with Gasteiger partial charge < -0.3 is 10.6 Å². The fourth-order valence-corrected chi connectivity index (χ4v) is 3.86. The van der Waals surface area contributed by atoms with Gasteiger partial charge in [0.15, 0.2) is 0 Å². The molecule has 0 spiro atoms. The van der Waals surface area contributed by atoms with Crippen LogP contribution in [-0.2, 0) is 11.2 Å². The Labute approximate surface area is 121 Å². The molecular formula is C17H24N2O. The molecule has 2 N–H and O–H groups in total. The highest BCUT2D eigenvalue weighted by molar-refractivity contribution is 5.99. The largest absolute Gasteiger partial charge is 0.399 e. The molecule has 20 heavy (non-hydrogen) atoms. The zero-order chi connectivity index (χ0) is 14.2. The molecule has 108 valence electrons. The molecule has 1 fully saturated rings. The lowest BCUT2D eigenvalue weighted by Crippen LogP contribution is -2.45. The molecule has 0 saturated heterocycles. The number of nitrogens with zero attached hydrogens (tertiary/aromatic N) is 1. The maximum atomic E-state index is 13.1. The van der Waals surface area contributed by atoms with Crippen molar-refractivity contribution in [1.82, 2.24) is 0 Å². The third-order valence-corrected chi connectivity index (χ3v) is 5.16. The molecule has 0 aromatic heterocycles. The van der Waals surface area contributed by atoms with E-state index in [9.17, 15) is 4.79 Å². The van der Waals surface area contributed by atoms with Crippen LogP contribution in [0.25, 0.3) is 0 Å². The van der Waals surface area contributed by atoms with Crippen LogP contribution in [0.3, 0.4) is 0 Å². The second kappa shape index (κ2) is 5.12. The maximum absolute atomic E-state index is 13.1. The van der Waals surface area contributed by atoms with E-state index in [0.717, 1.165) is 50.0 Å². The van der Waals surface area contributed by atoms with E-state index in [-0.39, 0.29) is 5.41 Å². The predicted octanol–water partition coefficient (Wildman–Crippen LogP) is 3.52. The maximum Gasteiger partial charge on any atom is 0.233 e. The molecule has 0 unspecified atom stereocenters. The van der Waals surface area contributed by atoms with Crippen molar-refractivity contribution in [3.05, 3.63) is 23.8 Å². The van der Waals surface area contributed by atoms with Gasteiger partial charge in [0.2, 0.25) is 5.91 Å². The minimum atomic E-state index is -0.112. The average molecular weight is 272 g/mol. The first-order valence-corrected chi connectivity index (χ1v) is 7.87. The van der Waals surface area contributed by atoms with Crippen molar-refractivity contribution < 1.29 is 4.79 Å². The molecule has 0 radical (unpaired) electrons. The molecule has 1 amide bonds. The van der Waals surface area contributed by atoms with Crippen LogP contribution < -0.4 is 10.6 Å². The molecule has 0 bridgehead atoms. The SMILES string of the molecule is CCC1(C(=O)N2CCCc3ccc(N)cc32)CCCC1. The van der Waals surface area contributed by atoms with E-state index in [0.29, 0.717) is 5.91 Å². The number of anilines is 2. The molecular weight excluding hydrogens is 248 g/mol. The monoisotopic (exact) mass is 272 g/mol. The van der Waals surface area contributed by atoms with Crippen LogP contribution in [-0.4, -0.2) is 12.5 Å². The summed E-state index contributed by atoms with van der Waals surface area (Å²) >= 11 is 0. The number of amides is 1. The van der Waals surface area contributed by atoms with Crippen molar-refractivity contribution in [2.24, 2.45) is 5.41 Å². The van der Waals surface area contributed by atoms with Crippen molar-refractivity contribution in [2.75, 3.05) is 17.2 Å². The molecule has 1 aromatic carbocycles. The smallest absolute Gasteiger partial charge is 0.233 e. The van der Waals surface area contributed by atoms with Gasteiger partial charge in [0, 0.05) is 23.3 Å². The highest BCUT2D eigenvalue weighted by Gasteiger charge is 2.43. The number of carbonyl (C=O) groups is 1. The Bertz CT molecular complexity index is 518. The Kier molecular flexibility index (Phi) is 3.45. The highest BCUT2D eigenvalue weighted by atomic mass is 16.2. The van der Waals surface area contributed by atoms with Gasteiger partial charge in [-0.05, 0) is 49.8 Å². The second-order valence-electron chi connectivity index (χ2n) is 6.29. The van der Waals surface area contributed by atoms with Crippen molar-refractivity contribution in [1.29, 1.82) is 0 Å². The van der Waals surface area contributed by atoms with Crippen LogP contribution in [0.1, 0.15) is 51.0 Å². The standard InChI is InChI=1S/C17H24N2O/c1-2-17(9-3-4-10-17)16(20)19-11-5-6-13-7-8-14(18)12-15(13)19/h7-8,12H,2-6,9-11,18H2,1H3. The van der Waals surface area contributed by atoms with E-state index in [2.05, 4.69) is 13.0 Å². The van der Waals surface area contributed by atoms with Crippen LogP contribution in [0.4, 0.5) is 11.4 Å². The van der Waals surface area contributed by atoms with E-state index in [1.54, 1.807) is 0 Å². The van der Waals surface area contributed by atoms with E-state index < -0.39 is 0 Å². The van der Waals surface area contributed by atoms with Crippen molar-refractivity contribution >= 4 is 17.3 Å². The van der Waals surface area contributed by atoms with Gasteiger partial charge in [-0.15, -0.1) is 0 Å². The number of benzene rings is 1. The van der Waals surface area contributed by atoms with Crippen LogP contribution in [0.15, 0.2) is 18.2 Å². The number of carbonyl (C=O) groups excluding carboxylic acids is 1. The third-order valence-electron chi connectivity index (χ3n) is 5.16. The normalized spacial score (nSPS) is 20.8. The number of nitrogens with two attached hydrogens (primary N) is 1. The Morgan fingerprint density at radius 1 is 1.30 bits per heavy atom. The van der Waals surface area contributed by atoms with Crippen LogP contribution >= 0.6 is 0 Å². The highest BCUT2D eigenvalue weighted by Crippen LogP contribution is 2.44. The summed E-state index contributed by atoms with van der Waals surface area (Å²) in [6.07, 6.45) is 7.56. The van der Waals surface area contributed by atoms with Crippen molar-refractivity contribution in [2.45, 2.75) is 51.9 Å². The second-order valence-corrected chi connectivity index (χ2v) is 6.29. The van der Waals surface area contributed by atoms with Gasteiger partial charge >= 0.3 is 0 Å². The quantitative estimate of drug-likeness (QED) is 0.837. The first-order valence-electron chi connectivity index (χ1n) is 7.87. The summed E-state index contributed by atoms with van der Waals surface area (Å²) < 4.78 is 0. The molecule has 1 aliphatic carbocycles. The number of rotatable bonds is 2. The lowest BCUT2D eigenvalue weighted by atomic mass is 9.81. The van der Waals surface area contributed by atoms with Crippen molar-refractivity contribution in [3.63, 3.8) is 0 Å². The third kappa shape index (κ3) is 2.09. The molecule has 1 heterocycles. The van der Waals surface area contributed by atoms with Gasteiger partial charge in [-0.2, -0.15) is 0 Å². The topological polar surface area (TPSA) is 46.3 Å². The van der Waals surface area contributed by atoms with Gasteiger partial charge in [-0.25, -0.2) is 0 Å². The van der Waals surface area contributed by atoms with Gasteiger partial charge in [0.05, 0.1) is 0 Å². The molecule has 1 saturated carbocycles. The molecule has 3 rings (SSSR count). The first-order chi connectivity index (χ1) is 9.66. The van der Waals surface area contributed by atoms with Crippen molar-refractivity contribution in [3.8, 4) is 0 Å². The Morgan fingerprint density at radius 3 is 2.75 bits per heavy atom. The Balaban J connectivity index is 1.96. The molecule has 3 nitrogen and oxygen atoms in total. The average Bonchev–Trinajstić information content (AvgIpc) is 2.96. The number of nitrogen functional groups attached to an aromatic ring is 1. The number of fused-ring (bicyclic) bond motifs is 1. The zero-order valence-electron chi connectivity index (χ0n) is 12.3. The van der Waals surface area contributed by atoms with Crippen LogP contribution in [0, 0.1) is 5.41 Å². The van der Waals surface area contributed by atoms with Gasteiger partial charge in [-0.3, -0.25) is 4.79 Å². The minimum absolute atomic E-state index is 0.112. The van der Waals surface area contributed by atoms with Crippen LogP contribution in [0.2, 0.25) is 0 Å². The number of aryl methyl sites for hydroxylation is 1. The fraction of sp³-hybridized carbons (Fsp3) is 0.588. The Hall–Kier alpha value is -1.51. The Morgan fingerprint density at radius 2 is 2.05 bits per heavy atom. The van der Waals surface area contributed by atoms with Crippen LogP contribution in [0.5, 0.6) is 0 Å². The predicted molar refractivity (Wildman–Crippen MR) is 82.7 cm³/mol. The summed E-state index contributed by atoms with van der Waals surface area (Å²) in [7, 11) is 0. The zero-order valence-corrected chi connectivity index (χ0v) is 12.3. The number of hydrogen-bond acceptors (Lipinski definition) is 2. The fourth-order valence-electron chi connectivity index (χ4n) is 3.86. The molecule has 1 aromatic rings. The molecule has 0 atom stereocenters. The molecule has 1 aliphatic heterocycles. The summed E-state index contributed by atoms with van der Waals surface area (Å²) in [5.74, 6) is 0.337. The number of hydrogen-bond donors (Lipinski definition) is 1. The summed E-state index contributed by atoms with van der Waals surface area (Å²) in [6, 6.07) is 6.00. The lowest BCUT2D eigenvalue weighted by Gasteiger charge is -2.37. The van der Waals surface area contributed by atoms with Gasteiger partial charge in [0.1, 0.15) is 0 Å².